The molecule has 0 bridgehead atoms. The van der Waals surface area contributed by atoms with Crippen LogP contribution in [0, 0.1) is 11.3 Å². The van der Waals surface area contributed by atoms with Crippen LogP contribution in [0.1, 0.15) is 48.0 Å². The molecule has 2 heterocycles. The lowest BCUT2D eigenvalue weighted by Gasteiger charge is -2.22. The summed E-state index contributed by atoms with van der Waals surface area (Å²) in [5.74, 6) is -0.843. The Bertz CT molecular complexity index is 1000. The monoisotopic (exact) mass is 424 g/mol. The summed E-state index contributed by atoms with van der Waals surface area (Å²) in [6.45, 7) is 3.97. The molecule has 0 saturated heterocycles. The smallest absolute Gasteiger partial charge is 0.425 e. The van der Waals surface area contributed by atoms with Crippen molar-refractivity contribution in [3.63, 3.8) is 0 Å². The first-order valence-corrected chi connectivity index (χ1v) is 9.18. The molecule has 0 spiro atoms. The molecule has 0 N–H and O–H groups in total. The fourth-order valence-electron chi connectivity index (χ4n) is 3.14. The predicted octanol–water partition coefficient (Wildman–Crippen LogP) is 3.99. The minimum absolute atomic E-state index is 0.00569. The minimum Gasteiger partial charge on any atom is -0.480 e. The van der Waals surface area contributed by atoms with Crippen LogP contribution in [-0.4, -0.2) is 38.5 Å². The van der Waals surface area contributed by atoms with Gasteiger partial charge in [-0.3, -0.25) is 9.48 Å². The van der Waals surface area contributed by atoms with Crippen molar-refractivity contribution in [2.24, 2.45) is 0 Å². The Kier molecular flexibility index (Phi) is 5.50. The summed E-state index contributed by atoms with van der Waals surface area (Å²) < 4.78 is 59.2. The maximum atomic E-state index is 14.0. The number of ether oxygens (including phenoxy) is 1. The number of alkyl halides is 4. The van der Waals surface area contributed by atoms with Gasteiger partial charge in [-0.2, -0.15) is 23.5 Å². The molecule has 30 heavy (non-hydrogen) atoms. The van der Waals surface area contributed by atoms with Crippen LogP contribution in [0.3, 0.4) is 0 Å². The van der Waals surface area contributed by atoms with Crippen LogP contribution in [0.2, 0.25) is 0 Å². The Morgan fingerprint density at radius 2 is 2.00 bits per heavy atom. The number of carbonyl (C=O) groups excluding carboxylic acids is 1. The third-order valence-corrected chi connectivity index (χ3v) is 4.65. The van der Waals surface area contributed by atoms with Crippen LogP contribution in [0.5, 0.6) is 5.75 Å². The Labute approximate surface area is 170 Å². The fourth-order valence-corrected chi connectivity index (χ4v) is 3.14. The molecule has 0 aliphatic carbocycles. The average Bonchev–Trinajstić information content (AvgIpc) is 3.21. The van der Waals surface area contributed by atoms with E-state index in [1.807, 2.05) is 6.07 Å². The molecule has 0 saturated carbocycles. The Morgan fingerprint density at radius 3 is 2.60 bits per heavy atom. The summed E-state index contributed by atoms with van der Waals surface area (Å²) in [5, 5.41) is 13.3. The van der Waals surface area contributed by atoms with Gasteiger partial charge in [0, 0.05) is 12.1 Å². The zero-order valence-electron chi connectivity index (χ0n) is 16.6. The average molecular weight is 424 g/mol. The van der Waals surface area contributed by atoms with Crippen LogP contribution in [0.25, 0.3) is 0 Å². The van der Waals surface area contributed by atoms with Crippen molar-refractivity contribution < 1.29 is 27.1 Å². The van der Waals surface area contributed by atoms with E-state index in [2.05, 4.69) is 5.10 Å². The minimum atomic E-state index is -4.61. The molecule has 2 aromatic rings. The van der Waals surface area contributed by atoms with Gasteiger partial charge in [0.05, 0.1) is 42.2 Å². The van der Waals surface area contributed by atoms with Gasteiger partial charge in [0.15, 0.2) is 6.10 Å². The van der Waals surface area contributed by atoms with Crippen LogP contribution in [0.15, 0.2) is 24.4 Å². The second kappa shape index (κ2) is 7.63. The van der Waals surface area contributed by atoms with E-state index in [1.54, 1.807) is 6.20 Å². The zero-order valence-corrected chi connectivity index (χ0v) is 16.6. The predicted molar refractivity (Wildman–Crippen MR) is 98.3 cm³/mol. The van der Waals surface area contributed by atoms with Gasteiger partial charge in [-0.15, -0.1) is 0 Å². The number of nitrogens with zero attached hydrogens (tertiary/aromatic N) is 4. The number of amides is 1. The van der Waals surface area contributed by atoms with Crippen molar-refractivity contribution in [3.05, 3.63) is 46.8 Å². The number of fused-ring (bicyclic) bond motifs is 1. The third kappa shape index (κ3) is 4.56. The van der Waals surface area contributed by atoms with Gasteiger partial charge >= 0.3 is 6.18 Å². The van der Waals surface area contributed by atoms with E-state index in [0.29, 0.717) is 5.69 Å². The van der Waals surface area contributed by atoms with Gasteiger partial charge in [-0.1, -0.05) is 0 Å². The second-order valence-corrected chi connectivity index (χ2v) is 7.78. The summed E-state index contributed by atoms with van der Waals surface area (Å²) >= 11 is 0. The first-order chi connectivity index (χ1) is 13.9. The molecule has 1 amide bonds. The molecule has 10 heteroatoms. The molecule has 0 radical (unpaired) electrons. The van der Waals surface area contributed by atoms with Gasteiger partial charge in [0.25, 0.3) is 5.91 Å². The van der Waals surface area contributed by atoms with Crippen molar-refractivity contribution in [2.45, 2.75) is 58.4 Å². The highest BCUT2D eigenvalue weighted by Gasteiger charge is 2.39. The molecule has 6 nitrogen and oxygen atoms in total. The van der Waals surface area contributed by atoms with Crippen molar-refractivity contribution in [1.29, 1.82) is 5.26 Å². The highest BCUT2D eigenvalue weighted by Crippen LogP contribution is 2.31. The fraction of sp³-hybridized carbons (Fsp3) is 0.450. The largest absolute Gasteiger partial charge is 0.480 e. The highest BCUT2D eigenvalue weighted by atomic mass is 19.4. The van der Waals surface area contributed by atoms with Crippen molar-refractivity contribution in [1.82, 2.24) is 14.7 Å². The molecule has 160 valence electrons. The molecule has 0 unspecified atom stereocenters. The number of benzene rings is 1. The summed E-state index contributed by atoms with van der Waals surface area (Å²) in [5.41, 5.74) is -0.132. The zero-order chi connectivity index (χ0) is 22.3. The summed E-state index contributed by atoms with van der Waals surface area (Å²) in [6.07, 6.45) is -5.20. The topological polar surface area (TPSA) is 71.2 Å². The van der Waals surface area contributed by atoms with Gasteiger partial charge in [0.1, 0.15) is 11.4 Å². The maximum Gasteiger partial charge on any atom is 0.425 e. The lowest BCUT2D eigenvalue weighted by atomic mass is 10.1. The van der Waals surface area contributed by atoms with Crippen molar-refractivity contribution in [3.8, 4) is 11.8 Å². The standard InChI is InChI=1S/C20H20F4N4O2/c1-12(20(22,23)24)30-17-5-4-13(7-25)6-15(17)18(29)27-9-14-8-26-28(16(14)10-27)11-19(2,3)21/h4-6,8,12H,9-11H2,1-3H3/t12-/m0/s1. The summed E-state index contributed by atoms with van der Waals surface area (Å²) in [7, 11) is 0. The molecular formula is C20H20F4N4O2. The number of carbonyl (C=O) groups is 1. The lowest BCUT2D eigenvalue weighted by Crippen LogP contribution is -2.33. The first kappa shape index (κ1) is 21.6. The van der Waals surface area contributed by atoms with Crippen molar-refractivity contribution in [2.75, 3.05) is 0 Å². The molecule has 1 aliphatic rings. The van der Waals surface area contributed by atoms with Gasteiger partial charge in [0.2, 0.25) is 0 Å². The van der Waals surface area contributed by atoms with E-state index in [1.165, 1.54) is 41.6 Å². The van der Waals surface area contributed by atoms with E-state index in [4.69, 9.17) is 10.00 Å². The molecule has 3 rings (SSSR count). The number of rotatable bonds is 5. The van der Waals surface area contributed by atoms with Gasteiger partial charge in [-0.05, 0) is 39.0 Å². The summed E-state index contributed by atoms with van der Waals surface area (Å²) in [4.78, 5) is 14.5. The first-order valence-electron chi connectivity index (χ1n) is 9.18. The number of hydrogen-bond donors (Lipinski definition) is 0. The van der Waals surface area contributed by atoms with E-state index in [-0.39, 0.29) is 36.5 Å². The van der Waals surface area contributed by atoms with E-state index in [0.717, 1.165) is 12.5 Å². The Balaban J connectivity index is 1.87. The number of nitriles is 1. The van der Waals surface area contributed by atoms with E-state index in [9.17, 15) is 22.4 Å². The third-order valence-electron chi connectivity index (χ3n) is 4.65. The second-order valence-electron chi connectivity index (χ2n) is 7.78. The van der Waals surface area contributed by atoms with E-state index < -0.39 is 23.9 Å². The van der Waals surface area contributed by atoms with Crippen LogP contribution < -0.4 is 4.74 Å². The molecular weight excluding hydrogens is 404 g/mol. The van der Waals surface area contributed by atoms with Crippen LogP contribution in [-0.2, 0) is 19.6 Å². The van der Waals surface area contributed by atoms with E-state index >= 15 is 0 Å². The number of halogens is 4. The summed E-state index contributed by atoms with van der Waals surface area (Å²) in [6, 6.07) is 5.55. The molecule has 1 atom stereocenters. The number of hydrogen-bond acceptors (Lipinski definition) is 4. The maximum absolute atomic E-state index is 14.0. The van der Waals surface area contributed by atoms with Gasteiger partial charge in [-0.25, -0.2) is 4.39 Å². The molecule has 1 aliphatic heterocycles. The molecule has 1 aromatic heterocycles. The number of aromatic nitrogens is 2. The Morgan fingerprint density at radius 1 is 1.30 bits per heavy atom. The van der Waals surface area contributed by atoms with Gasteiger partial charge < -0.3 is 9.64 Å². The van der Waals surface area contributed by atoms with Crippen LogP contribution in [0.4, 0.5) is 17.6 Å². The van der Waals surface area contributed by atoms with Crippen molar-refractivity contribution >= 4 is 5.91 Å². The quantitative estimate of drug-likeness (QED) is 0.681. The van der Waals surface area contributed by atoms with Crippen LogP contribution >= 0.6 is 0 Å². The highest BCUT2D eigenvalue weighted by molar-refractivity contribution is 5.97. The Hall–Kier alpha value is -3.09. The normalized spacial score (nSPS) is 14.9. The lowest BCUT2D eigenvalue weighted by molar-refractivity contribution is -0.189. The molecule has 1 aromatic carbocycles. The molecule has 0 fully saturated rings. The SMILES string of the molecule is C[C@H](Oc1ccc(C#N)cc1C(=O)N1Cc2cnn(CC(C)(C)F)c2C1)C(F)(F)F.